The van der Waals surface area contributed by atoms with Crippen molar-refractivity contribution < 1.29 is 9.59 Å². The fraction of sp³-hybridized carbons (Fsp3) is 0.333. The summed E-state index contributed by atoms with van der Waals surface area (Å²) >= 11 is 0. The molecule has 1 aromatic rings. The van der Waals surface area contributed by atoms with E-state index in [4.69, 9.17) is 0 Å². The topological polar surface area (TPSA) is 52.7 Å². The van der Waals surface area contributed by atoms with Gasteiger partial charge < -0.3 is 15.1 Å². The molecule has 1 aromatic carbocycles. The summed E-state index contributed by atoms with van der Waals surface area (Å²) in [6, 6.07) is 5.95. The molecule has 0 radical (unpaired) electrons. The molecule has 0 fully saturated rings. The molecule has 0 aliphatic rings. The van der Waals surface area contributed by atoms with Gasteiger partial charge in [0.15, 0.2) is 0 Å². The first-order chi connectivity index (χ1) is 10.8. The third-order valence-corrected chi connectivity index (χ3v) is 3.03. The van der Waals surface area contributed by atoms with Crippen molar-refractivity contribution in [2.45, 2.75) is 20.8 Å². The molecule has 0 spiro atoms. The Morgan fingerprint density at radius 2 is 1.74 bits per heavy atom. The number of allylic oxidation sites excluding steroid dienone is 2. The largest absolute Gasteiger partial charge is 0.385 e. The van der Waals surface area contributed by atoms with Crippen molar-refractivity contribution >= 4 is 29.8 Å². The Labute approximate surface area is 139 Å². The number of anilines is 3. The van der Waals surface area contributed by atoms with Crippen molar-refractivity contribution in [3.63, 3.8) is 0 Å². The van der Waals surface area contributed by atoms with Crippen LogP contribution >= 0.6 is 0 Å². The van der Waals surface area contributed by atoms with E-state index in [9.17, 15) is 9.59 Å². The van der Waals surface area contributed by atoms with Gasteiger partial charge in [-0.15, -0.1) is 0 Å². The number of rotatable bonds is 7. The highest BCUT2D eigenvalue weighted by Crippen LogP contribution is 2.32. The summed E-state index contributed by atoms with van der Waals surface area (Å²) in [7, 11) is 3.68. The number of benzene rings is 1. The lowest BCUT2D eigenvalue weighted by atomic mass is 10.2. The van der Waals surface area contributed by atoms with E-state index in [-0.39, 0.29) is 0 Å². The molecule has 0 saturated heterocycles. The highest BCUT2D eigenvalue weighted by Gasteiger charge is 2.12. The molecule has 1 N–H and O–H groups in total. The maximum absolute atomic E-state index is 11.0. The summed E-state index contributed by atoms with van der Waals surface area (Å²) in [6.07, 6.45) is 1.53. The Hall–Kier alpha value is -2.56. The van der Waals surface area contributed by atoms with Crippen LogP contribution in [-0.4, -0.2) is 33.3 Å². The third kappa shape index (κ3) is 6.82. The molecule has 0 unspecified atom stereocenters. The maximum Gasteiger partial charge on any atom is 0.213 e. The summed E-state index contributed by atoms with van der Waals surface area (Å²) < 4.78 is 0. The van der Waals surface area contributed by atoms with Gasteiger partial charge in [0.05, 0.1) is 11.4 Å². The molecule has 0 aliphatic heterocycles. The molecule has 5 heteroatoms. The van der Waals surface area contributed by atoms with Crippen molar-refractivity contribution in [2.75, 3.05) is 35.8 Å². The Bertz CT molecular complexity index is 567. The van der Waals surface area contributed by atoms with Gasteiger partial charge in [0.25, 0.3) is 0 Å². The van der Waals surface area contributed by atoms with Crippen LogP contribution in [0.1, 0.15) is 20.8 Å². The van der Waals surface area contributed by atoms with E-state index < -0.39 is 0 Å². The van der Waals surface area contributed by atoms with Gasteiger partial charge in [-0.3, -0.25) is 9.59 Å². The highest BCUT2D eigenvalue weighted by atomic mass is 16.1. The van der Waals surface area contributed by atoms with Crippen LogP contribution in [0.4, 0.5) is 17.1 Å². The molecular weight excluding hydrogens is 290 g/mol. The van der Waals surface area contributed by atoms with Crippen LogP contribution in [0.3, 0.4) is 0 Å². The van der Waals surface area contributed by atoms with Crippen molar-refractivity contribution in [2.24, 2.45) is 0 Å². The zero-order valence-corrected chi connectivity index (χ0v) is 14.7. The minimum absolute atomic E-state index is 0.574. The van der Waals surface area contributed by atoms with E-state index in [0.29, 0.717) is 5.57 Å². The second kappa shape index (κ2) is 10.2. The van der Waals surface area contributed by atoms with Crippen LogP contribution in [0, 0.1) is 0 Å². The lowest BCUT2D eigenvalue weighted by Crippen LogP contribution is -2.21. The standard InChI is InChI=1S/C14H21N3O.C4H6O/c1-6-15-12-7-8-13(17(5)11(2)3)14(9-12)16(4)10-18;1-4(2)3-5/h7-10,15H,2,6H2,1,3-5H3;3H,1H2,2H3. The van der Waals surface area contributed by atoms with E-state index in [0.717, 1.165) is 42.0 Å². The van der Waals surface area contributed by atoms with E-state index >= 15 is 0 Å². The van der Waals surface area contributed by atoms with Crippen LogP contribution in [0.5, 0.6) is 0 Å². The van der Waals surface area contributed by atoms with Gasteiger partial charge in [-0.05, 0) is 44.5 Å². The quantitative estimate of drug-likeness (QED) is 0.618. The molecule has 1 amide bonds. The third-order valence-electron chi connectivity index (χ3n) is 3.03. The van der Waals surface area contributed by atoms with E-state index in [1.54, 1.807) is 18.9 Å². The second-order valence-electron chi connectivity index (χ2n) is 5.21. The number of hydrogen-bond donors (Lipinski definition) is 1. The number of aldehydes is 1. The molecule has 0 heterocycles. The smallest absolute Gasteiger partial charge is 0.213 e. The molecule has 126 valence electrons. The van der Waals surface area contributed by atoms with Crippen LogP contribution in [0.15, 0.2) is 42.6 Å². The average molecular weight is 317 g/mol. The number of amides is 1. The first kappa shape index (κ1) is 20.4. The molecule has 1 rings (SSSR count). The van der Waals surface area contributed by atoms with Crippen molar-refractivity contribution in [1.29, 1.82) is 0 Å². The summed E-state index contributed by atoms with van der Waals surface area (Å²) in [5.74, 6) is 0. The molecule has 0 saturated carbocycles. The van der Waals surface area contributed by atoms with Gasteiger partial charge >= 0.3 is 0 Å². The average Bonchev–Trinajstić information content (AvgIpc) is 2.54. The number of carbonyl (C=O) groups excluding carboxylic acids is 2. The van der Waals surface area contributed by atoms with Crippen LogP contribution in [0.2, 0.25) is 0 Å². The lowest BCUT2D eigenvalue weighted by molar-refractivity contribution is -0.107. The van der Waals surface area contributed by atoms with Gasteiger partial charge in [0.2, 0.25) is 6.41 Å². The normalized spacial score (nSPS) is 9.09. The van der Waals surface area contributed by atoms with Crippen LogP contribution in [0.25, 0.3) is 0 Å². The first-order valence-corrected chi connectivity index (χ1v) is 7.34. The maximum atomic E-state index is 11.0. The Kier molecular flexibility index (Phi) is 9.08. The summed E-state index contributed by atoms with van der Waals surface area (Å²) in [6.45, 7) is 13.7. The monoisotopic (exact) mass is 317 g/mol. The zero-order chi connectivity index (χ0) is 18.0. The predicted molar refractivity (Wildman–Crippen MR) is 99.2 cm³/mol. The van der Waals surface area contributed by atoms with Crippen molar-refractivity contribution in [1.82, 2.24) is 0 Å². The van der Waals surface area contributed by atoms with E-state index in [1.165, 1.54) is 0 Å². The van der Waals surface area contributed by atoms with Gasteiger partial charge in [0.1, 0.15) is 6.29 Å². The van der Waals surface area contributed by atoms with Gasteiger partial charge in [-0.25, -0.2) is 0 Å². The molecule has 0 atom stereocenters. The first-order valence-electron chi connectivity index (χ1n) is 7.34. The van der Waals surface area contributed by atoms with Crippen molar-refractivity contribution in [3.8, 4) is 0 Å². The fourth-order valence-electron chi connectivity index (χ4n) is 1.67. The van der Waals surface area contributed by atoms with E-state index in [2.05, 4.69) is 18.5 Å². The molecule has 0 aromatic heterocycles. The summed E-state index contributed by atoms with van der Waals surface area (Å²) in [5.41, 5.74) is 4.31. The Balaban J connectivity index is 0.000000841. The summed E-state index contributed by atoms with van der Waals surface area (Å²) in [4.78, 5) is 23.9. The highest BCUT2D eigenvalue weighted by molar-refractivity contribution is 5.86. The SMILES string of the molecule is C=C(C)C=O.C=C(C)N(C)c1ccc(NCC)cc1N(C)C=O. The van der Waals surface area contributed by atoms with Crippen LogP contribution < -0.4 is 15.1 Å². The second-order valence-corrected chi connectivity index (χ2v) is 5.21. The number of carbonyl (C=O) groups is 2. The van der Waals surface area contributed by atoms with Crippen LogP contribution in [-0.2, 0) is 9.59 Å². The minimum Gasteiger partial charge on any atom is -0.385 e. The van der Waals surface area contributed by atoms with Gasteiger partial charge in [-0.2, -0.15) is 0 Å². The number of nitrogens with zero attached hydrogens (tertiary/aromatic N) is 2. The van der Waals surface area contributed by atoms with Crippen molar-refractivity contribution in [3.05, 3.63) is 42.6 Å². The summed E-state index contributed by atoms with van der Waals surface area (Å²) in [5, 5.41) is 3.24. The Morgan fingerprint density at radius 1 is 1.17 bits per heavy atom. The minimum atomic E-state index is 0.574. The fourth-order valence-corrected chi connectivity index (χ4v) is 1.67. The Morgan fingerprint density at radius 3 is 2.13 bits per heavy atom. The van der Waals surface area contributed by atoms with Gasteiger partial charge in [-0.1, -0.05) is 13.2 Å². The number of nitrogens with one attached hydrogen (secondary N) is 1. The number of hydrogen-bond acceptors (Lipinski definition) is 4. The molecular formula is C18H27N3O2. The van der Waals surface area contributed by atoms with E-state index in [1.807, 2.05) is 44.0 Å². The molecule has 0 aliphatic carbocycles. The lowest BCUT2D eigenvalue weighted by Gasteiger charge is -2.25. The predicted octanol–water partition coefficient (Wildman–Crippen LogP) is 3.44. The zero-order valence-electron chi connectivity index (χ0n) is 14.7. The molecule has 5 nitrogen and oxygen atoms in total. The molecule has 23 heavy (non-hydrogen) atoms. The van der Waals surface area contributed by atoms with Gasteiger partial charge in [0, 0.05) is 32.0 Å². The molecule has 0 bridgehead atoms.